The van der Waals surface area contributed by atoms with Crippen molar-refractivity contribution in [1.82, 2.24) is 4.98 Å². The quantitative estimate of drug-likeness (QED) is 0.902. The Morgan fingerprint density at radius 1 is 1.09 bits per heavy atom. The lowest BCUT2D eigenvalue weighted by molar-refractivity contribution is 0.262. The molecule has 5 nitrogen and oxygen atoms in total. The lowest BCUT2D eigenvalue weighted by atomic mass is 9.99. The molecule has 1 saturated heterocycles. The summed E-state index contributed by atoms with van der Waals surface area (Å²) in [4.78, 5) is 18.3. The van der Waals surface area contributed by atoms with Gasteiger partial charge in [-0.2, -0.15) is 0 Å². The van der Waals surface area contributed by atoms with E-state index in [9.17, 15) is 4.79 Å². The number of urea groups is 1. The second-order valence-electron chi connectivity index (χ2n) is 6.04. The third-order valence-corrected chi connectivity index (χ3v) is 4.19. The zero-order chi connectivity index (χ0) is 16.1. The summed E-state index contributed by atoms with van der Waals surface area (Å²) in [7, 11) is 0. The Bertz CT molecular complexity index is 634. The Labute approximate surface area is 136 Å². The standard InChI is InChI=1S/C18H22N4O/c1-14-8-11-22(12-9-14)17-6-4-15(5-7-17)20-18(23)21-16-3-2-10-19-13-16/h2-7,10,13-14H,8-9,11-12H2,1H3,(H2,20,21,23). The highest BCUT2D eigenvalue weighted by Crippen LogP contribution is 2.24. The average Bonchev–Trinajstić information content (AvgIpc) is 2.57. The molecule has 23 heavy (non-hydrogen) atoms. The molecule has 5 heteroatoms. The van der Waals surface area contributed by atoms with Crippen molar-refractivity contribution in [2.45, 2.75) is 19.8 Å². The zero-order valence-corrected chi connectivity index (χ0v) is 13.3. The predicted molar refractivity (Wildman–Crippen MR) is 93.9 cm³/mol. The van der Waals surface area contributed by atoms with Crippen LogP contribution >= 0.6 is 0 Å². The number of nitrogens with zero attached hydrogens (tertiary/aromatic N) is 2. The number of hydrogen-bond donors (Lipinski definition) is 2. The predicted octanol–water partition coefficient (Wildman–Crippen LogP) is 3.96. The molecule has 2 heterocycles. The molecule has 0 saturated carbocycles. The van der Waals surface area contributed by atoms with Gasteiger partial charge in [-0.1, -0.05) is 6.92 Å². The van der Waals surface area contributed by atoms with Crippen LogP contribution in [0.25, 0.3) is 0 Å². The van der Waals surface area contributed by atoms with Crippen LogP contribution in [0.3, 0.4) is 0 Å². The van der Waals surface area contributed by atoms with Crippen molar-refractivity contribution in [3.05, 3.63) is 48.8 Å². The van der Waals surface area contributed by atoms with E-state index in [1.807, 2.05) is 12.1 Å². The summed E-state index contributed by atoms with van der Waals surface area (Å²) < 4.78 is 0. The molecule has 1 aliphatic heterocycles. The number of anilines is 3. The maximum atomic E-state index is 11.9. The monoisotopic (exact) mass is 310 g/mol. The molecule has 0 atom stereocenters. The molecule has 1 aliphatic rings. The highest BCUT2D eigenvalue weighted by atomic mass is 16.2. The fourth-order valence-corrected chi connectivity index (χ4v) is 2.75. The van der Waals surface area contributed by atoms with E-state index in [0.29, 0.717) is 5.69 Å². The van der Waals surface area contributed by atoms with Crippen molar-refractivity contribution in [3.8, 4) is 0 Å². The molecule has 0 unspecified atom stereocenters. The van der Waals surface area contributed by atoms with E-state index in [2.05, 4.69) is 39.6 Å². The normalized spacial score (nSPS) is 15.3. The molecule has 0 radical (unpaired) electrons. The summed E-state index contributed by atoms with van der Waals surface area (Å²) in [6.07, 6.45) is 5.77. The van der Waals surface area contributed by atoms with E-state index in [0.717, 1.165) is 24.7 Å². The SMILES string of the molecule is CC1CCN(c2ccc(NC(=O)Nc3cccnc3)cc2)CC1. The Morgan fingerprint density at radius 3 is 2.43 bits per heavy atom. The molecular formula is C18H22N4O. The highest BCUT2D eigenvalue weighted by Gasteiger charge is 2.15. The first-order valence-corrected chi connectivity index (χ1v) is 8.04. The summed E-state index contributed by atoms with van der Waals surface area (Å²) in [5.74, 6) is 0.823. The van der Waals surface area contributed by atoms with Crippen molar-refractivity contribution in [2.75, 3.05) is 28.6 Å². The topological polar surface area (TPSA) is 57.3 Å². The van der Waals surface area contributed by atoms with Gasteiger partial charge in [0.05, 0.1) is 11.9 Å². The maximum Gasteiger partial charge on any atom is 0.323 e. The molecule has 3 rings (SSSR count). The Hall–Kier alpha value is -2.56. The van der Waals surface area contributed by atoms with Gasteiger partial charge >= 0.3 is 6.03 Å². The minimum atomic E-state index is -0.266. The summed E-state index contributed by atoms with van der Waals surface area (Å²) in [5, 5.41) is 5.58. The van der Waals surface area contributed by atoms with Crippen LogP contribution in [0.1, 0.15) is 19.8 Å². The molecule has 0 aliphatic carbocycles. The van der Waals surface area contributed by atoms with Crippen LogP contribution in [-0.4, -0.2) is 24.1 Å². The number of piperidine rings is 1. The number of rotatable bonds is 3. The number of nitrogens with one attached hydrogen (secondary N) is 2. The highest BCUT2D eigenvalue weighted by molar-refractivity contribution is 5.99. The van der Waals surface area contributed by atoms with Gasteiger partial charge in [0, 0.05) is 30.7 Å². The number of aromatic nitrogens is 1. The van der Waals surface area contributed by atoms with Crippen molar-refractivity contribution >= 4 is 23.1 Å². The van der Waals surface area contributed by atoms with Crippen LogP contribution in [0.15, 0.2) is 48.8 Å². The summed E-state index contributed by atoms with van der Waals surface area (Å²) in [6.45, 7) is 4.52. The van der Waals surface area contributed by atoms with Crippen molar-refractivity contribution in [1.29, 1.82) is 0 Å². The third-order valence-electron chi connectivity index (χ3n) is 4.19. The molecule has 1 fully saturated rings. The summed E-state index contributed by atoms with van der Waals surface area (Å²) in [5.41, 5.74) is 2.67. The number of carbonyl (C=O) groups is 1. The fourth-order valence-electron chi connectivity index (χ4n) is 2.75. The van der Waals surface area contributed by atoms with Crippen molar-refractivity contribution in [2.24, 2.45) is 5.92 Å². The molecule has 2 N–H and O–H groups in total. The Morgan fingerprint density at radius 2 is 1.78 bits per heavy atom. The Balaban J connectivity index is 1.56. The van der Waals surface area contributed by atoms with Crippen LogP contribution in [0.5, 0.6) is 0 Å². The van der Waals surface area contributed by atoms with Gasteiger partial charge in [-0.3, -0.25) is 4.98 Å². The lowest BCUT2D eigenvalue weighted by Crippen LogP contribution is -2.32. The number of benzene rings is 1. The van der Waals surface area contributed by atoms with Gasteiger partial charge in [0.2, 0.25) is 0 Å². The smallest absolute Gasteiger partial charge is 0.323 e. The molecule has 1 aromatic heterocycles. The van der Waals surface area contributed by atoms with E-state index in [4.69, 9.17) is 0 Å². The van der Waals surface area contributed by atoms with Crippen molar-refractivity contribution < 1.29 is 4.79 Å². The van der Waals surface area contributed by atoms with E-state index in [1.54, 1.807) is 24.5 Å². The summed E-state index contributed by atoms with van der Waals surface area (Å²) in [6, 6.07) is 11.3. The van der Waals surface area contributed by atoms with Crippen LogP contribution in [0.4, 0.5) is 21.9 Å². The Kier molecular flexibility index (Phi) is 4.76. The molecule has 2 aromatic rings. The van der Waals surface area contributed by atoms with Crippen LogP contribution in [0.2, 0.25) is 0 Å². The van der Waals surface area contributed by atoms with Gasteiger partial charge in [0.1, 0.15) is 0 Å². The van der Waals surface area contributed by atoms with Crippen LogP contribution in [0, 0.1) is 5.92 Å². The van der Waals surface area contributed by atoms with Gasteiger partial charge < -0.3 is 15.5 Å². The van der Waals surface area contributed by atoms with E-state index in [1.165, 1.54) is 18.5 Å². The number of amides is 2. The van der Waals surface area contributed by atoms with Gasteiger partial charge in [-0.25, -0.2) is 4.79 Å². The minimum Gasteiger partial charge on any atom is -0.372 e. The van der Waals surface area contributed by atoms with E-state index >= 15 is 0 Å². The number of pyridine rings is 1. The first-order valence-electron chi connectivity index (χ1n) is 8.04. The average molecular weight is 310 g/mol. The molecule has 1 aromatic carbocycles. The van der Waals surface area contributed by atoms with Crippen molar-refractivity contribution in [3.63, 3.8) is 0 Å². The fraction of sp³-hybridized carbons (Fsp3) is 0.333. The van der Waals surface area contributed by atoms with E-state index in [-0.39, 0.29) is 6.03 Å². The first kappa shape index (κ1) is 15.3. The number of carbonyl (C=O) groups excluding carboxylic acids is 1. The van der Waals surface area contributed by atoms with Gasteiger partial charge in [0.25, 0.3) is 0 Å². The molecule has 0 spiro atoms. The second kappa shape index (κ2) is 7.13. The van der Waals surface area contributed by atoms with Crippen LogP contribution < -0.4 is 15.5 Å². The van der Waals surface area contributed by atoms with Gasteiger partial charge in [0.15, 0.2) is 0 Å². The zero-order valence-electron chi connectivity index (χ0n) is 13.3. The largest absolute Gasteiger partial charge is 0.372 e. The van der Waals surface area contributed by atoms with E-state index < -0.39 is 0 Å². The first-order chi connectivity index (χ1) is 11.2. The molecule has 120 valence electrons. The van der Waals surface area contributed by atoms with Gasteiger partial charge in [-0.05, 0) is 55.2 Å². The number of hydrogen-bond acceptors (Lipinski definition) is 3. The second-order valence-corrected chi connectivity index (χ2v) is 6.04. The molecule has 0 bridgehead atoms. The molecular weight excluding hydrogens is 288 g/mol. The minimum absolute atomic E-state index is 0.266. The lowest BCUT2D eigenvalue weighted by Gasteiger charge is -2.32. The maximum absolute atomic E-state index is 11.9. The third kappa shape index (κ3) is 4.22. The van der Waals surface area contributed by atoms with Crippen LogP contribution in [-0.2, 0) is 0 Å². The molecule has 2 amide bonds. The summed E-state index contributed by atoms with van der Waals surface area (Å²) >= 11 is 0. The van der Waals surface area contributed by atoms with Gasteiger partial charge in [-0.15, -0.1) is 0 Å².